The van der Waals surface area contributed by atoms with Crippen LogP contribution in [0.1, 0.15) is 5.56 Å². The van der Waals surface area contributed by atoms with Gasteiger partial charge >= 0.3 is 0 Å². The summed E-state index contributed by atoms with van der Waals surface area (Å²) in [5.74, 6) is -0.526. The number of hydrogen-bond acceptors (Lipinski definition) is 3. The summed E-state index contributed by atoms with van der Waals surface area (Å²) in [5.41, 5.74) is 0.901. The second-order valence-electron chi connectivity index (χ2n) is 4.19. The number of carbonyl (C=O) groups excluding carboxylic acids is 1. The van der Waals surface area contributed by atoms with Gasteiger partial charge in [-0.1, -0.05) is 34.1 Å². The van der Waals surface area contributed by atoms with Crippen LogP contribution in [0.3, 0.4) is 0 Å². The largest absolute Gasteiger partial charge is 0.507 e. The molecule has 2 aromatic rings. The minimum absolute atomic E-state index is 0.00142. The molecule has 0 atom stereocenters. The van der Waals surface area contributed by atoms with Crippen molar-refractivity contribution in [1.29, 1.82) is 5.26 Å². The number of nitrogens with zero attached hydrogens (tertiary/aromatic N) is 1. The van der Waals surface area contributed by atoms with Gasteiger partial charge in [0.2, 0.25) is 0 Å². The van der Waals surface area contributed by atoms with E-state index in [1.807, 2.05) is 12.1 Å². The van der Waals surface area contributed by atoms with E-state index in [0.717, 1.165) is 4.47 Å². The SMILES string of the molecule is N#C/C(=C\c1cc(Br)ccc1O)C(=O)Nc1ccccc1. The summed E-state index contributed by atoms with van der Waals surface area (Å²) in [5, 5.41) is 21.5. The van der Waals surface area contributed by atoms with E-state index >= 15 is 0 Å². The summed E-state index contributed by atoms with van der Waals surface area (Å²) < 4.78 is 0.743. The summed E-state index contributed by atoms with van der Waals surface area (Å²) in [6.07, 6.45) is 1.35. The maximum absolute atomic E-state index is 12.0. The Morgan fingerprint density at radius 3 is 2.62 bits per heavy atom. The number of amides is 1. The van der Waals surface area contributed by atoms with Gasteiger partial charge in [0.05, 0.1) is 0 Å². The second-order valence-corrected chi connectivity index (χ2v) is 5.11. The number of anilines is 1. The van der Waals surface area contributed by atoms with Crippen molar-refractivity contribution in [2.24, 2.45) is 0 Å². The normalized spacial score (nSPS) is 10.8. The highest BCUT2D eigenvalue weighted by atomic mass is 79.9. The summed E-state index contributed by atoms with van der Waals surface area (Å²) >= 11 is 3.28. The zero-order valence-electron chi connectivity index (χ0n) is 10.9. The molecule has 2 aromatic carbocycles. The van der Waals surface area contributed by atoms with Gasteiger partial charge < -0.3 is 10.4 Å². The van der Waals surface area contributed by atoms with E-state index < -0.39 is 5.91 Å². The highest BCUT2D eigenvalue weighted by Gasteiger charge is 2.10. The van der Waals surface area contributed by atoms with Gasteiger partial charge in [-0.3, -0.25) is 4.79 Å². The minimum atomic E-state index is -0.525. The van der Waals surface area contributed by atoms with Crippen LogP contribution in [-0.2, 0) is 4.79 Å². The molecule has 2 N–H and O–H groups in total. The number of hydrogen-bond donors (Lipinski definition) is 2. The minimum Gasteiger partial charge on any atom is -0.507 e. The number of benzene rings is 2. The van der Waals surface area contributed by atoms with Crippen LogP contribution in [0.25, 0.3) is 6.08 Å². The Labute approximate surface area is 130 Å². The fraction of sp³-hybridized carbons (Fsp3) is 0. The molecule has 0 radical (unpaired) electrons. The summed E-state index contributed by atoms with van der Waals surface area (Å²) in [4.78, 5) is 12.0. The number of nitrogens with one attached hydrogen (secondary N) is 1. The highest BCUT2D eigenvalue weighted by molar-refractivity contribution is 9.10. The third-order valence-electron chi connectivity index (χ3n) is 2.69. The van der Waals surface area contributed by atoms with Crippen molar-refractivity contribution < 1.29 is 9.90 Å². The number of nitriles is 1. The Bertz CT molecular complexity index is 734. The average Bonchev–Trinajstić information content (AvgIpc) is 2.49. The van der Waals surface area contributed by atoms with Crippen LogP contribution in [0, 0.1) is 11.3 Å². The zero-order chi connectivity index (χ0) is 15.2. The van der Waals surface area contributed by atoms with E-state index in [1.54, 1.807) is 36.4 Å². The summed E-state index contributed by atoms with van der Waals surface area (Å²) in [7, 11) is 0. The van der Waals surface area contributed by atoms with Gasteiger partial charge in [0.25, 0.3) is 5.91 Å². The maximum atomic E-state index is 12.0. The highest BCUT2D eigenvalue weighted by Crippen LogP contribution is 2.24. The molecule has 0 bridgehead atoms. The lowest BCUT2D eigenvalue weighted by atomic mass is 10.1. The van der Waals surface area contributed by atoms with Crippen LogP contribution in [0.5, 0.6) is 5.75 Å². The Morgan fingerprint density at radius 1 is 1.24 bits per heavy atom. The fourth-order valence-corrected chi connectivity index (χ4v) is 2.04. The Morgan fingerprint density at radius 2 is 1.95 bits per heavy atom. The van der Waals surface area contributed by atoms with Crippen LogP contribution >= 0.6 is 15.9 Å². The van der Waals surface area contributed by atoms with Crippen molar-refractivity contribution in [3.63, 3.8) is 0 Å². The van der Waals surface area contributed by atoms with Crippen molar-refractivity contribution in [2.75, 3.05) is 5.32 Å². The number of phenols is 1. The quantitative estimate of drug-likeness (QED) is 0.659. The molecule has 0 aliphatic heterocycles. The maximum Gasteiger partial charge on any atom is 0.266 e. The van der Waals surface area contributed by atoms with Crippen LogP contribution < -0.4 is 5.32 Å². The standard InChI is InChI=1S/C16H11BrN2O2/c17-13-6-7-15(20)11(9-13)8-12(10-18)16(21)19-14-4-2-1-3-5-14/h1-9,20H,(H,19,21)/b12-8+. The van der Waals surface area contributed by atoms with E-state index in [1.165, 1.54) is 12.1 Å². The van der Waals surface area contributed by atoms with Gasteiger partial charge in [-0.25, -0.2) is 0 Å². The first-order valence-electron chi connectivity index (χ1n) is 6.07. The first-order chi connectivity index (χ1) is 10.1. The molecule has 0 aliphatic rings. The lowest BCUT2D eigenvalue weighted by molar-refractivity contribution is -0.112. The molecular weight excluding hydrogens is 332 g/mol. The van der Waals surface area contributed by atoms with Crippen molar-refractivity contribution in [2.45, 2.75) is 0 Å². The van der Waals surface area contributed by atoms with E-state index in [2.05, 4.69) is 21.2 Å². The number of rotatable bonds is 3. The van der Waals surface area contributed by atoms with Crippen LogP contribution in [-0.4, -0.2) is 11.0 Å². The molecule has 21 heavy (non-hydrogen) atoms. The number of halogens is 1. The molecule has 0 aromatic heterocycles. The number of para-hydroxylation sites is 1. The van der Waals surface area contributed by atoms with Crippen molar-refractivity contribution in [3.05, 3.63) is 64.1 Å². The van der Waals surface area contributed by atoms with Gasteiger partial charge in [-0.15, -0.1) is 0 Å². The average molecular weight is 343 g/mol. The number of aromatic hydroxyl groups is 1. The first kappa shape index (κ1) is 14.8. The van der Waals surface area contributed by atoms with E-state index in [0.29, 0.717) is 11.3 Å². The smallest absolute Gasteiger partial charge is 0.266 e. The molecular formula is C16H11BrN2O2. The van der Waals surface area contributed by atoms with Crippen molar-refractivity contribution in [3.8, 4) is 11.8 Å². The van der Waals surface area contributed by atoms with Gasteiger partial charge in [0.15, 0.2) is 0 Å². The number of carbonyl (C=O) groups is 1. The van der Waals surface area contributed by atoms with E-state index in [-0.39, 0.29) is 11.3 Å². The summed E-state index contributed by atoms with van der Waals surface area (Å²) in [6.45, 7) is 0. The lowest BCUT2D eigenvalue weighted by Crippen LogP contribution is -2.13. The molecule has 0 spiro atoms. The van der Waals surface area contributed by atoms with Gasteiger partial charge in [-0.2, -0.15) is 5.26 Å². The number of phenolic OH excluding ortho intramolecular Hbond substituents is 1. The lowest BCUT2D eigenvalue weighted by Gasteiger charge is -2.05. The van der Waals surface area contributed by atoms with E-state index in [9.17, 15) is 9.90 Å². The molecule has 4 nitrogen and oxygen atoms in total. The molecule has 104 valence electrons. The van der Waals surface area contributed by atoms with Crippen molar-refractivity contribution >= 4 is 33.6 Å². The monoisotopic (exact) mass is 342 g/mol. The molecule has 1 amide bonds. The topological polar surface area (TPSA) is 73.1 Å². The third-order valence-corrected chi connectivity index (χ3v) is 3.18. The molecule has 0 aliphatic carbocycles. The Hall–Kier alpha value is -2.58. The van der Waals surface area contributed by atoms with Crippen LogP contribution in [0.2, 0.25) is 0 Å². The molecule has 0 unspecified atom stereocenters. The molecule has 0 saturated heterocycles. The molecule has 2 rings (SSSR count). The predicted octanol–water partition coefficient (Wildman–Crippen LogP) is 3.70. The van der Waals surface area contributed by atoms with Crippen LogP contribution in [0.15, 0.2) is 58.6 Å². The summed E-state index contributed by atoms with van der Waals surface area (Å²) in [6, 6.07) is 15.5. The zero-order valence-corrected chi connectivity index (χ0v) is 12.5. The van der Waals surface area contributed by atoms with Gasteiger partial charge in [0, 0.05) is 15.7 Å². The Balaban J connectivity index is 2.27. The predicted molar refractivity (Wildman–Crippen MR) is 84.5 cm³/mol. The molecule has 5 heteroatoms. The molecule has 0 saturated carbocycles. The fourth-order valence-electron chi connectivity index (χ4n) is 1.66. The van der Waals surface area contributed by atoms with Gasteiger partial charge in [0.1, 0.15) is 17.4 Å². The molecule has 0 fully saturated rings. The second kappa shape index (κ2) is 6.73. The van der Waals surface area contributed by atoms with E-state index in [4.69, 9.17) is 5.26 Å². The molecule has 0 heterocycles. The Kier molecular flexibility index (Phi) is 4.75. The van der Waals surface area contributed by atoms with Crippen molar-refractivity contribution in [1.82, 2.24) is 0 Å². The van der Waals surface area contributed by atoms with Crippen LogP contribution in [0.4, 0.5) is 5.69 Å². The first-order valence-corrected chi connectivity index (χ1v) is 6.86. The third kappa shape index (κ3) is 3.94. The van der Waals surface area contributed by atoms with Gasteiger partial charge in [-0.05, 0) is 36.4 Å².